The topological polar surface area (TPSA) is 75.8 Å². The van der Waals surface area contributed by atoms with Gasteiger partial charge in [-0.2, -0.15) is 0 Å². The molecular weight excluding hydrogens is 256 g/mol. The van der Waals surface area contributed by atoms with Crippen molar-refractivity contribution in [3.63, 3.8) is 0 Å². The molecule has 0 spiro atoms. The van der Waals surface area contributed by atoms with Gasteiger partial charge in [-0.15, -0.1) is 0 Å². The van der Waals surface area contributed by atoms with E-state index in [4.69, 9.17) is 10.5 Å². The maximum Gasteiger partial charge on any atom is 0.251 e. The van der Waals surface area contributed by atoms with E-state index in [-0.39, 0.29) is 23.8 Å². The molecule has 0 aromatic heterocycles. The number of carbonyl (C=O) groups is 1. The Morgan fingerprint density at radius 1 is 1.50 bits per heavy atom. The van der Waals surface area contributed by atoms with Gasteiger partial charge in [-0.1, -0.05) is 18.2 Å². The van der Waals surface area contributed by atoms with E-state index >= 15 is 0 Å². The molecule has 0 saturated carbocycles. The summed E-state index contributed by atoms with van der Waals surface area (Å²) in [7, 11) is 1.73. The number of phenols is 1. The number of hydrogen-bond donors (Lipinski definition) is 2. The van der Waals surface area contributed by atoms with Gasteiger partial charge in [0, 0.05) is 19.2 Å². The van der Waals surface area contributed by atoms with Crippen molar-refractivity contribution in [3.8, 4) is 5.75 Å². The molecule has 0 bridgehead atoms. The Hall–Kier alpha value is -1.59. The first-order chi connectivity index (χ1) is 9.54. The van der Waals surface area contributed by atoms with Crippen molar-refractivity contribution in [1.29, 1.82) is 0 Å². The van der Waals surface area contributed by atoms with E-state index in [0.717, 1.165) is 12.0 Å². The second-order valence-corrected chi connectivity index (χ2v) is 5.24. The molecule has 20 heavy (non-hydrogen) atoms. The number of aromatic hydroxyl groups is 1. The van der Waals surface area contributed by atoms with Crippen LogP contribution in [0, 0.1) is 0 Å². The van der Waals surface area contributed by atoms with Gasteiger partial charge in [0.05, 0.1) is 12.1 Å². The molecule has 1 heterocycles. The zero-order chi connectivity index (χ0) is 14.7. The van der Waals surface area contributed by atoms with Gasteiger partial charge in [0.2, 0.25) is 0 Å². The largest absolute Gasteiger partial charge is 0.508 e. The van der Waals surface area contributed by atoms with E-state index < -0.39 is 6.10 Å². The first-order valence-electron chi connectivity index (χ1n) is 6.94. The summed E-state index contributed by atoms with van der Waals surface area (Å²) in [5.41, 5.74) is 6.29. The van der Waals surface area contributed by atoms with E-state index in [1.165, 1.54) is 0 Å². The molecule has 5 nitrogen and oxygen atoms in total. The van der Waals surface area contributed by atoms with Crippen molar-refractivity contribution >= 4 is 5.91 Å². The molecule has 0 aliphatic carbocycles. The Morgan fingerprint density at radius 2 is 2.20 bits per heavy atom. The van der Waals surface area contributed by atoms with E-state index in [2.05, 4.69) is 0 Å². The molecule has 2 rings (SSSR count). The molecule has 1 aromatic rings. The third kappa shape index (κ3) is 2.94. The van der Waals surface area contributed by atoms with Crippen LogP contribution in [0.4, 0.5) is 0 Å². The maximum atomic E-state index is 12.4. The number of carbonyl (C=O) groups excluding carboxylic acids is 1. The minimum atomic E-state index is -0.415. The SMILES string of the molecule is CC(c1ccccc1O)N(C)C(=O)C1CCC(CN)O1. The van der Waals surface area contributed by atoms with Gasteiger partial charge in [-0.25, -0.2) is 0 Å². The zero-order valence-corrected chi connectivity index (χ0v) is 12.0. The second-order valence-electron chi connectivity index (χ2n) is 5.24. The fourth-order valence-corrected chi connectivity index (χ4v) is 2.53. The van der Waals surface area contributed by atoms with Gasteiger partial charge in [-0.3, -0.25) is 4.79 Å². The van der Waals surface area contributed by atoms with Crippen LogP contribution in [0.1, 0.15) is 31.4 Å². The minimum Gasteiger partial charge on any atom is -0.508 e. The third-order valence-electron chi connectivity index (χ3n) is 3.96. The summed E-state index contributed by atoms with van der Waals surface area (Å²) in [6.45, 7) is 2.34. The Bertz CT molecular complexity index is 478. The van der Waals surface area contributed by atoms with E-state index in [0.29, 0.717) is 13.0 Å². The Labute approximate surface area is 119 Å². The maximum absolute atomic E-state index is 12.4. The molecule has 110 valence electrons. The van der Waals surface area contributed by atoms with Crippen molar-refractivity contribution in [2.75, 3.05) is 13.6 Å². The number of hydrogen-bond acceptors (Lipinski definition) is 4. The van der Waals surface area contributed by atoms with Crippen molar-refractivity contribution in [2.24, 2.45) is 5.73 Å². The number of amides is 1. The second kappa shape index (κ2) is 6.24. The fraction of sp³-hybridized carbons (Fsp3) is 0.533. The number of nitrogens with zero attached hydrogens (tertiary/aromatic N) is 1. The molecule has 3 unspecified atom stereocenters. The number of benzene rings is 1. The van der Waals surface area contributed by atoms with Crippen LogP contribution in [0.3, 0.4) is 0 Å². The summed E-state index contributed by atoms with van der Waals surface area (Å²) < 4.78 is 5.63. The molecule has 1 fully saturated rings. The molecule has 1 amide bonds. The quantitative estimate of drug-likeness (QED) is 0.873. The molecule has 3 N–H and O–H groups in total. The first kappa shape index (κ1) is 14.8. The number of likely N-dealkylation sites (N-methyl/N-ethyl adjacent to an activating group) is 1. The van der Waals surface area contributed by atoms with Gasteiger partial charge < -0.3 is 20.5 Å². The van der Waals surface area contributed by atoms with Crippen LogP contribution in [0.5, 0.6) is 5.75 Å². The van der Waals surface area contributed by atoms with Crippen LogP contribution in [-0.4, -0.2) is 41.7 Å². The van der Waals surface area contributed by atoms with Crippen molar-refractivity contribution < 1.29 is 14.6 Å². The van der Waals surface area contributed by atoms with Crippen molar-refractivity contribution in [2.45, 2.75) is 38.0 Å². The van der Waals surface area contributed by atoms with E-state index in [1.807, 2.05) is 19.1 Å². The lowest BCUT2D eigenvalue weighted by Gasteiger charge is -2.28. The number of rotatable bonds is 4. The highest BCUT2D eigenvalue weighted by atomic mass is 16.5. The monoisotopic (exact) mass is 278 g/mol. The van der Waals surface area contributed by atoms with Gasteiger partial charge in [0.25, 0.3) is 5.91 Å². The summed E-state index contributed by atoms with van der Waals surface area (Å²) in [5.74, 6) is 0.142. The standard InChI is InChI=1S/C15H22N2O3/c1-10(12-5-3-4-6-13(12)18)17(2)15(19)14-8-7-11(9-16)20-14/h3-6,10-11,14,18H,7-9,16H2,1-2H3. The molecule has 3 atom stereocenters. The lowest BCUT2D eigenvalue weighted by Crippen LogP contribution is -2.38. The molecule has 1 aliphatic rings. The summed E-state index contributed by atoms with van der Waals surface area (Å²) in [5, 5.41) is 9.87. The summed E-state index contributed by atoms with van der Waals surface area (Å²) in [6.07, 6.45) is 1.10. The normalized spacial score (nSPS) is 23.6. The molecule has 1 saturated heterocycles. The third-order valence-corrected chi connectivity index (χ3v) is 3.96. The molecule has 5 heteroatoms. The lowest BCUT2D eigenvalue weighted by molar-refractivity contribution is -0.143. The minimum absolute atomic E-state index is 0.0159. The average molecular weight is 278 g/mol. The number of para-hydroxylation sites is 1. The predicted molar refractivity (Wildman–Crippen MR) is 76.2 cm³/mol. The van der Waals surface area contributed by atoms with Gasteiger partial charge >= 0.3 is 0 Å². The summed E-state index contributed by atoms with van der Waals surface area (Å²) in [4.78, 5) is 14.0. The van der Waals surface area contributed by atoms with Crippen LogP contribution in [0.2, 0.25) is 0 Å². The first-order valence-corrected chi connectivity index (χ1v) is 6.94. The van der Waals surface area contributed by atoms with Gasteiger partial charge in [0.1, 0.15) is 11.9 Å². The highest BCUT2D eigenvalue weighted by Crippen LogP contribution is 2.29. The van der Waals surface area contributed by atoms with E-state index in [9.17, 15) is 9.90 Å². The number of nitrogens with two attached hydrogens (primary N) is 1. The summed E-state index contributed by atoms with van der Waals surface area (Å²) >= 11 is 0. The number of ether oxygens (including phenoxy) is 1. The Morgan fingerprint density at radius 3 is 2.80 bits per heavy atom. The fourth-order valence-electron chi connectivity index (χ4n) is 2.53. The smallest absolute Gasteiger partial charge is 0.251 e. The van der Waals surface area contributed by atoms with Crippen LogP contribution < -0.4 is 5.73 Å². The van der Waals surface area contributed by atoms with Crippen LogP contribution in [-0.2, 0) is 9.53 Å². The highest BCUT2D eigenvalue weighted by molar-refractivity contribution is 5.81. The molecule has 1 aliphatic heterocycles. The Balaban J connectivity index is 2.05. The highest BCUT2D eigenvalue weighted by Gasteiger charge is 2.33. The van der Waals surface area contributed by atoms with Gasteiger partial charge in [-0.05, 0) is 25.8 Å². The molecular formula is C15H22N2O3. The van der Waals surface area contributed by atoms with Crippen LogP contribution in [0.15, 0.2) is 24.3 Å². The summed E-state index contributed by atoms with van der Waals surface area (Å²) in [6, 6.07) is 6.85. The number of phenolic OH excluding ortho intramolecular Hbond substituents is 1. The average Bonchev–Trinajstić information content (AvgIpc) is 2.94. The molecule has 0 radical (unpaired) electrons. The Kier molecular flexibility index (Phi) is 4.62. The lowest BCUT2D eigenvalue weighted by atomic mass is 10.1. The van der Waals surface area contributed by atoms with Crippen LogP contribution >= 0.6 is 0 Å². The van der Waals surface area contributed by atoms with Crippen molar-refractivity contribution in [3.05, 3.63) is 29.8 Å². The zero-order valence-electron chi connectivity index (χ0n) is 12.0. The van der Waals surface area contributed by atoms with Crippen LogP contribution in [0.25, 0.3) is 0 Å². The predicted octanol–water partition coefficient (Wildman–Crippen LogP) is 1.42. The van der Waals surface area contributed by atoms with E-state index in [1.54, 1.807) is 24.1 Å². The van der Waals surface area contributed by atoms with Crippen molar-refractivity contribution in [1.82, 2.24) is 4.90 Å². The van der Waals surface area contributed by atoms with Gasteiger partial charge in [0.15, 0.2) is 0 Å². The molecule has 1 aromatic carbocycles.